The number of hydroxylamine groups is 1. The van der Waals surface area contributed by atoms with Crippen molar-refractivity contribution < 1.29 is 14.4 Å². The third kappa shape index (κ3) is 3.08. The minimum Gasteiger partial charge on any atom is -0.273 e. The topological polar surface area (TPSA) is 49.9 Å². The van der Waals surface area contributed by atoms with Crippen LogP contribution in [0.4, 0.5) is 11.4 Å². The Morgan fingerprint density at radius 3 is 2.21 bits per heavy atom. The number of halogens is 2. The van der Waals surface area contributed by atoms with E-state index in [2.05, 4.69) is 13.8 Å². The predicted molar refractivity (Wildman–Crippen MR) is 109 cm³/mol. The summed E-state index contributed by atoms with van der Waals surface area (Å²) in [6.45, 7) is 4.17. The summed E-state index contributed by atoms with van der Waals surface area (Å²) in [7, 11) is 0. The number of amides is 2. The third-order valence-corrected chi connectivity index (χ3v) is 5.73. The van der Waals surface area contributed by atoms with Crippen LogP contribution in [0.25, 0.3) is 0 Å². The number of carbonyl (C=O) groups is 2. The van der Waals surface area contributed by atoms with Gasteiger partial charge in [-0.2, -0.15) is 0 Å². The second kappa shape index (κ2) is 7.39. The lowest BCUT2D eigenvalue weighted by Crippen LogP contribution is -2.41. The monoisotopic (exact) mass is 418 g/mol. The molecule has 2 aliphatic heterocycles. The highest BCUT2D eigenvalue weighted by Crippen LogP contribution is 2.45. The molecule has 0 unspecified atom stereocenters. The zero-order chi connectivity index (χ0) is 20.0. The predicted octanol–water partition coefficient (Wildman–Crippen LogP) is 4.72. The third-order valence-electron chi connectivity index (χ3n) is 5.12. The number of hydrogen-bond donors (Lipinski definition) is 0. The van der Waals surface area contributed by atoms with Gasteiger partial charge in [-0.15, -0.1) is 0 Å². The van der Waals surface area contributed by atoms with E-state index in [-0.39, 0.29) is 27.7 Å². The first-order valence-electron chi connectivity index (χ1n) is 9.23. The van der Waals surface area contributed by atoms with Crippen LogP contribution in [-0.2, 0) is 14.4 Å². The quantitative estimate of drug-likeness (QED) is 0.674. The average molecular weight is 419 g/mol. The summed E-state index contributed by atoms with van der Waals surface area (Å²) in [6, 6.07) is 14.2. The summed E-state index contributed by atoms with van der Waals surface area (Å²) in [6.07, 6.45) is -0.178. The molecule has 0 aliphatic carbocycles. The Kier molecular flexibility index (Phi) is 5.08. The van der Waals surface area contributed by atoms with Crippen molar-refractivity contribution in [2.24, 2.45) is 11.8 Å². The zero-order valence-corrected chi connectivity index (χ0v) is 17.0. The molecule has 2 heterocycles. The standard InChI is InChI=1S/C21H20Cl2N2O3/c1-12(2)11-16-17-19(28-25(16)13-7-4-3-5-8-13)21(27)24(20(17)26)18-14(22)9-6-10-15(18)23/h3-10,12,16-17,19H,11H2,1-2H3/t16-,17-,19-/m0/s1. The van der Waals surface area contributed by atoms with Gasteiger partial charge in [0.1, 0.15) is 0 Å². The second-order valence-corrected chi connectivity index (χ2v) is 8.31. The van der Waals surface area contributed by atoms with E-state index in [1.54, 1.807) is 23.3 Å². The van der Waals surface area contributed by atoms with Gasteiger partial charge in [0.05, 0.1) is 33.4 Å². The molecule has 3 atom stereocenters. The molecule has 2 aromatic rings. The molecule has 2 aliphatic rings. The lowest BCUT2D eigenvalue weighted by Gasteiger charge is -2.29. The summed E-state index contributed by atoms with van der Waals surface area (Å²) in [4.78, 5) is 33.6. The first-order valence-corrected chi connectivity index (χ1v) is 9.98. The highest BCUT2D eigenvalue weighted by Gasteiger charge is 2.60. The van der Waals surface area contributed by atoms with Crippen molar-refractivity contribution >= 4 is 46.4 Å². The zero-order valence-electron chi connectivity index (χ0n) is 15.5. The van der Waals surface area contributed by atoms with E-state index in [0.29, 0.717) is 12.3 Å². The number of imide groups is 1. The average Bonchev–Trinajstić information content (AvgIpc) is 3.13. The van der Waals surface area contributed by atoms with Gasteiger partial charge in [-0.3, -0.25) is 14.4 Å². The normalized spacial score (nSPS) is 24.4. The molecule has 2 saturated heterocycles. The van der Waals surface area contributed by atoms with Crippen LogP contribution >= 0.6 is 23.2 Å². The van der Waals surface area contributed by atoms with Crippen LogP contribution in [0.5, 0.6) is 0 Å². The molecule has 146 valence electrons. The number of para-hydroxylation sites is 2. The molecule has 4 rings (SSSR count). The van der Waals surface area contributed by atoms with E-state index in [4.69, 9.17) is 28.0 Å². The van der Waals surface area contributed by atoms with Crippen LogP contribution in [0.15, 0.2) is 48.5 Å². The van der Waals surface area contributed by atoms with E-state index in [1.165, 1.54) is 0 Å². The number of hydrogen-bond acceptors (Lipinski definition) is 4. The molecule has 0 spiro atoms. The fraction of sp³-hybridized carbons (Fsp3) is 0.333. The molecule has 2 amide bonds. The van der Waals surface area contributed by atoms with Crippen LogP contribution in [0, 0.1) is 11.8 Å². The number of nitrogens with zero attached hydrogens (tertiary/aromatic N) is 2. The molecule has 2 aromatic carbocycles. The van der Waals surface area contributed by atoms with E-state index >= 15 is 0 Å². The molecular formula is C21H20Cl2N2O3. The first-order chi connectivity index (χ1) is 13.4. The van der Waals surface area contributed by atoms with Crippen molar-refractivity contribution in [3.63, 3.8) is 0 Å². The Labute approximate surface area is 173 Å². The Hall–Kier alpha value is -2.08. The van der Waals surface area contributed by atoms with Crippen molar-refractivity contribution in [3.05, 3.63) is 58.6 Å². The molecule has 0 saturated carbocycles. The van der Waals surface area contributed by atoms with Crippen molar-refractivity contribution in [1.82, 2.24) is 0 Å². The summed E-state index contributed by atoms with van der Waals surface area (Å²) in [5.74, 6) is -1.05. The Bertz CT molecular complexity index is 899. The van der Waals surface area contributed by atoms with Crippen LogP contribution < -0.4 is 9.96 Å². The Morgan fingerprint density at radius 1 is 0.964 bits per heavy atom. The second-order valence-electron chi connectivity index (χ2n) is 7.49. The van der Waals surface area contributed by atoms with Crippen LogP contribution in [0.3, 0.4) is 0 Å². The number of benzene rings is 2. The van der Waals surface area contributed by atoms with Gasteiger partial charge in [0.15, 0.2) is 6.10 Å². The van der Waals surface area contributed by atoms with Gasteiger partial charge < -0.3 is 0 Å². The number of anilines is 2. The Balaban J connectivity index is 1.73. The Morgan fingerprint density at radius 2 is 1.61 bits per heavy atom. The SMILES string of the molecule is CC(C)C[C@H]1[C@@H]2C(=O)N(c3c(Cl)cccc3Cl)C(=O)[C@H]2ON1c1ccccc1. The largest absolute Gasteiger partial charge is 0.273 e. The molecule has 5 nitrogen and oxygen atoms in total. The van der Waals surface area contributed by atoms with Crippen molar-refractivity contribution in [2.75, 3.05) is 9.96 Å². The van der Waals surface area contributed by atoms with Gasteiger partial charge in [0.2, 0.25) is 5.91 Å². The molecule has 2 fully saturated rings. The van der Waals surface area contributed by atoms with E-state index in [9.17, 15) is 9.59 Å². The molecular weight excluding hydrogens is 399 g/mol. The van der Waals surface area contributed by atoms with Gasteiger partial charge in [0, 0.05) is 0 Å². The smallest absolute Gasteiger partial charge is 0.266 e. The number of carbonyl (C=O) groups excluding carboxylic acids is 2. The van der Waals surface area contributed by atoms with Crippen molar-refractivity contribution in [2.45, 2.75) is 32.4 Å². The summed E-state index contributed by atoms with van der Waals surface area (Å²) in [5.41, 5.74) is 1.05. The highest BCUT2D eigenvalue weighted by molar-refractivity contribution is 6.42. The summed E-state index contributed by atoms with van der Waals surface area (Å²) >= 11 is 12.5. The maximum absolute atomic E-state index is 13.4. The fourth-order valence-electron chi connectivity index (χ4n) is 3.97. The first kappa shape index (κ1) is 19.2. The van der Waals surface area contributed by atoms with Gasteiger partial charge in [-0.25, -0.2) is 9.96 Å². The molecule has 0 N–H and O–H groups in total. The van der Waals surface area contributed by atoms with Crippen molar-refractivity contribution in [1.29, 1.82) is 0 Å². The fourth-order valence-corrected chi connectivity index (χ4v) is 4.53. The van der Waals surface area contributed by atoms with Gasteiger partial charge in [-0.1, -0.05) is 61.3 Å². The summed E-state index contributed by atoms with van der Waals surface area (Å²) < 4.78 is 0. The van der Waals surface area contributed by atoms with Crippen LogP contribution in [0.1, 0.15) is 20.3 Å². The van der Waals surface area contributed by atoms with Gasteiger partial charge in [0.25, 0.3) is 5.91 Å². The molecule has 7 heteroatoms. The molecule has 0 bridgehead atoms. The molecule has 0 aromatic heterocycles. The minimum absolute atomic E-state index is 0.230. The maximum atomic E-state index is 13.4. The summed E-state index contributed by atoms with van der Waals surface area (Å²) in [5, 5.41) is 2.24. The number of fused-ring (bicyclic) bond motifs is 1. The molecule has 28 heavy (non-hydrogen) atoms. The van der Waals surface area contributed by atoms with Crippen molar-refractivity contribution in [3.8, 4) is 0 Å². The number of rotatable bonds is 4. The van der Waals surface area contributed by atoms with E-state index in [0.717, 1.165) is 10.6 Å². The van der Waals surface area contributed by atoms with E-state index in [1.807, 2.05) is 30.3 Å². The maximum Gasteiger partial charge on any atom is 0.266 e. The van der Waals surface area contributed by atoms with Crippen LogP contribution in [-0.4, -0.2) is 24.0 Å². The highest BCUT2D eigenvalue weighted by atomic mass is 35.5. The molecule has 0 radical (unpaired) electrons. The minimum atomic E-state index is -0.885. The van der Waals surface area contributed by atoms with Gasteiger partial charge in [-0.05, 0) is 36.6 Å². The lowest BCUT2D eigenvalue weighted by atomic mass is 9.90. The van der Waals surface area contributed by atoms with Crippen LogP contribution in [0.2, 0.25) is 10.0 Å². The lowest BCUT2D eigenvalue weighted by molar-refractivity contribution is -0.126. The van der Waals surface area contributed by atoms with Gasteiger partial charge >= 0.3 is 0 Å². The van der Waals surface area contributed by atoms with E-state index < -0.39 is 17.9 Å².